The highest BCUT2D eigenvalue weighted by Gasteiger charge is 2.31. The van der Waals surface area contributed by atoms with E-state index in [-0.39, 0.29) is 24.1 Å². The van der Waals surface area contributed by atoms with Gasteiger partial charge in [0.15, 0.2) is 0 Å². The van der Waals surface area contributed by atoms with Crippen molar-refractivity contribution in [2.45, 2.75) is 31.4 Å². The maximum atomic E-state index is 12.2. The monoisotopic (exact) mass is 333 g/mol. The van der Waals surface area contributed by atoms with Gasteiger partial charge < -0.3 is 25.0 Å². The number of anilines is 1. The van der Waals surface area contributed by atoms with Crippen LogP contribution in [0.3, 0.4) is 0 Å². The van der Waals surface area contributed by atoms with Crippen molar-refractivity contribution >= 4 is 17.6 Å². The van der Waals surface area contributed by atoms with Gasteiger partial charge in [0, 0.05) is 37.9 Å². The van der Waals surface area contributed by atoms with E-state index in [0.29, 0.717) is 25.3 Å². The summed E-state index contributed by atoms with van der Waals surface area (Å²) in [5, 5.41) is 5.68. The Morgan fingerprint density at radius 3 is 3.08 bits per heavy atom. The van der Waals surface area contributed by atoms with E-state index in [4.69, 9.17) is 9.47 Å². The molecular formula is C17H23N3O4. The summed E-state index contributed by atoms with van der Waals surface area (Å²) in [5.74, 6) is 0.693. The van der Waals surface area contributed by atoms with Crippen LogP contribution in [-0.4, -0.2) is 50.9 Å². The second-order valence-corrected chi connectivity index (χ2v) is 6.10. The molecule has 0 aliphatic carbocycles. The molecule has 1 aromatic rings. The molecule has 130 valence electrons. The summed E-state index contributed by atoms with van der Waals surface area (Å²) >= 11 is 0. The third-order valence-electron chi connectivity index (χ3n) is 4.34. The molecule has 2 aliphatic rings. The van der Waals surface area contributed by atoms with E-state index in [9.17, 15) is 9.59 Å². The first kappa shape index (κ1) is 16.6. The zero-order chi connectivity index (χ0) is 16.9. The molecule has 0 saturated carbocycles. The number of urea groups is 1. The van der Waals surface area contributed by atoms with Gasteiger partial charge in [-0.25, -0.2) is 4.79 Å². The molecule has 0 aromatic heterocycles. The Balaban J connectivity index is 1.51. The molecule has 7 nitrogen and oxygen atoms in total. The largest absolute Gasteiger partial charge is 0.497 e. The van der Waals surface area contributed by atoms with Gasteiger partial charge in [-0.2, -0.15) is 0 Å². The number of methoxy groups -OCH3 is 1. The highest BCUT2D eigenvalue weighted by Crippen LogP contribution is 2.25. The molecule has 0 unspecified atom stereocenters. The highest BCUT2D eigenvalue weighted by atomic mass is 16.5. The van der Waals surface area contributed by atoms with Crippen molar-refractivity contribution in [1.29, 1.82) is 0 Å². The van der Waals surface area contributed by atoms with E-state index < -0.39 is 0 Å². The van der Waals surface area contributed by atoms with Crippen LogP contribution in [0.1, 0.15) is 19.3 Å². The number of nitrogens with one attached hydrogen (secondary N) is 2. The van der Waals surface area contributed by atoms with E-state index in [1.807, 2.05) is 24.3 Å². The first-order valence-corrected chi connectivity index (χ1v) is 8.26. The van der Waals surface area contributed by atoms with Crippen molar-refractivity contribution in [1.82, 2.24) is 10.6 Å². The van der Waals surface area contributed by atoms with Gasteiger partial charge in [-0.05, 0) is 25.0 Å². The minimum Gasteiger partial charge on any atom is -0.497 e. The predicted molar refractivity (Wildman–Crippen MR) is 89.3 cm³/mol. The Bertz CT molecular complexity index is 601. The summed E-state index contributed by atoms with van der Waals surface area (Å²) in [6.07, 6.45) is 2.42. The van der Waals surface area contributed by atoms with Crippen LogP contribution in [0.2, 0.25) is 0 Å². The van der Waals surface area contributed by atoms with E-state index >= 15 is 0 Å². The summed E-state index contributed by atoms with van der Waals surface area (Å²) in [6, 6.07) is 6.90. The van der Waals surface area contributed by atoms with Gasteiger partial charge in [0.05, 0.1) is 19.3 Å². The lowest BCUT2D eigenvalue weighted by atomic mass is 10.2. The molecule has 0 radical (unpaired) electrons. The third-order valence-corrected chi connectivity index (χ3v) is 4.34. The SMILES string of the molecule is COc1cccc(N2C[C@@H](NC(=O)NC[C@@H]3CCCO3)CC2=O)c1. The van der Waals surface area contributed by atoms with Crippen molar-refractivity contribution in [3.63, 3.8) is 0 Å². The quantitative estimate of drug-likeness (QED) is 0.851. The van der Waals surface area contributed by atoms with Crippen LogP contribution in [0, 0.1) is 0 Å². The van der Waals surface area contributed by atoms with Crippen molar-refractivity contribution in [3.8, 4) is 5.75 Å². The molecule has 2 heterocycles. The minimum absolute atomic E-state index is 0.00678. The summed E-state index contributed by atoms with van der Waals surface area (Å²) in [7, 11) is 1.59. The molecule has 2 saturated heterocycles. The average molecular weight is 333 g/mol. The zero-order valence-corrected chi connectivity index (χ0v) is 13.8. The molecule has 2 N–H and O–H groups in total. The molecule has 2 atom stereocenters. The maximum Gasteiger partial charge on any atom is 0.315 e. The van der Waals surface area contributed by atoms with Gasteiger partial charge in [-0.1, -0.05) is 6.07 Å². The van der Waals surface area contributed by atoms with E-state index in [0.717, 1.165) is 25.1 Å². The number of hydrogen-bond acceptors (Lipinski definition) is 4. The van der Waals surface area contributed by atoms with Gasteiger partial charge in [-0.3, -0.25) is 4.79 Å². The molecule has 0 spiro atoms. The van der Waals surface area contributed by atoms with Crippen LogP contribution < -0.4 is 20.3 Å². The minimum atomic E-state index is -0.254. The second-order valence-electron chi connectivity index (χ2n) is 6.10. The van der Waals surface area contributed by atoms with E-state index in [1.54, 1.807) is 12.0 Å². The number of nitrogens with zero attached hydrogens (tertiary/aromatic N) is 1. The van der Waals surface area contributed by atoms with Crippen LogP contribution in [0.5, 0.6) is 5.75 Å². The van der Waals surface area contributed by atoms with E-state index in [2.05, 4.69) is 10.6 Å². The topological polar surface area (TPSA) is 79.9 Å². The lowest BCUT2D eigenvalue weighted by molar-refractivity contribution is -0.117. The average Bonchev–Trinajstić information content (AvgIpc) is 3.22. The van der Waals surface area contributed by atoms with Crippen LogP contribution in [0.25, 0.3) is 0 Å². The Morgan fingerprint density at radius 1 is 1.46 bits per heavy atom. The van der Waals surface area contributed by atoms with Crippen molar-refractivity contribution in [2.75, 3.05) is 31.7 Å². The summed E-state index contributed by atoms with van der Waals surface area (Å²) in [5.41, 5.74) is 0.781. The van der Waals surface area contributed by atoms with Crippen molar-refractivity contribution in [3.05, 3.63) is 24.3 Å². The Morgan fingerprint density at radius 2 is 2.33 bits per heavy atom. The Labute approximate surface area is 141 Å². The zero-order valence-electron chi connectivity index (χ0n) is 13.8. The summed E-state index contributed by atoms with van der Waals surface area (Å²) < 4.78 is 10.7. The molecule has 3 rings (SSSR count). The fourth-order valence-electron chi connectivity index (χ4n) is 3.08. The van der Waals surface area contributed by atoms with E-state index in [1.165, 1.54) is 0 Å². The van der Waals surface area contributed by atoms with Crippen molar-refractivity contribution < 1.29 is 19.1 Å². The van der Waals surface area contributed by atoms with Gasteiger partial charge >= 0.3 is 6.03 Å². The number of ether oxygens (including phenoxy) is 2. The van der Waals surface area contributed by atoms with Crippen molar-refractivity contribution in [2.24, 2.45) is 0 Å². The molecule has 0 bridgehead atoms. The molecule has 7 heteroatoms. The van der Waals surface area contributed by atoms with Crippen LogP contribution in [0.15, 0.2) is 24.3 Å². The molecular weight excluding hydrogens is 310 g/mol. The third kappa shape index (κ3) is 3.97. The number of hydrogen-bond donors (Lipinski definition) is 2. The summed E-state index contributed by atoms with van der Waals surface area (Å²) in [4.78, 5) is 25.9. The van der Waals surface area contributed by atoms with Crippen LogP contribution >= 0.6 is 0 Å². The Hall–Kier alpha value is -2.28. The molecule has 24 heavy (non-hydrogen) atoms. The first-order chi connectivity index (χ1) is 11.7. The molecule has 2 fully saturated rings. The maximum absolute atomic E-state index is 12.2. The van der Waals surface area contributed by atoms with Gasteiger partial charge in [0.1, 0.15) is 5.75 Å². The smallest absolute Gasteiger partial charge is 0.315 e. The number of benzene rings is 1. The number of amides is 3. The summed E-state index contributed by atoms with van der Waals surface area (Å²) in [6.45, 7) is 1.73. The highest BCUT2D eigenvalue weighted by molar-refractivity contribution is 5.97. The number of rotatable bonds is 5. The lowest BCUT2D eigenvalue weighted by Gasteiger charge is -2.18. The Kier molecular flexibility index (Phi) is 5.20. The molecule has 1 aromatic carbocycles. The normalized spacial score (nSPS) is 23.4. The number of carbonyl (C=O) groups excluding carboxylic acids is 2. The fraction of sp³-hybridized carbons (Fsp3) is 0.529. The number of carbonyl (C=O) groups is 2. The second kappa shape index (κ2) is 7.53. The first-order valence-electron chi connectivity index (χ1n) is 8.26. The van der Waals surface area contributed by atoms with Gasteiger partial charge in [0.2, 0.25) is 5.91 Å². The molecule has 2 aliphatic heterocycles. The standard InChI is InChI=1S/C17H23N3O4/c1-23-14-5-2-4-13(9-14)20-11-12(8-16(20)21)19-17(22)18-10-15-6-3-7-24-15/h2,4-5,9,12,15H,3,6-8,10-11H2,1H3,(H2,18,19,22)/t12-,15-/m0/s1. The fourth-order valence-corrected chi connectivity index (χ4v) is 3.08. The predicted octanol–water partition coefficient (Wildman–Crippen LogP) is 1.28. The van der Waals surface area contributed by atoms with Gasteiger partial charge in [0.25, 0.3) is 0 Å². The lowest BCUT2D eigenvalue weighted by Crippen LogP contribution is -2.45. The van der Waals surface area contributed by atoms with Gasteiger partial charge in [-0.15, -0.1) is 0 Å². The molecule has 3 amide bonds. The van der Waals surface area contributed by atoms with Crippen LogP contribution in [-0.2, 0) is 9.53 Å². The van der Waals surface area contributed by atoms with Crippen LogP contribution in [0.4, 0.5) is 10.5 Å².